The summed E-state index contributed by atoms with van der Waals surface area (Å²) in [6.45, 7) is 0.842. The molecule has 0 atom stereocenters. The molecule has 0 aliphatic rings. The number of halogens is 2. The molecule has 0 spiro atoms. The van der Waals surface area contributed by atoms with Gasteiger partial charge in [-0.1, -0.05) is 35.3 Å². The standard InChI is InChI=1S/C22H19Cl2N3O6S/c1-14-6-11-17(12-20(14)27(29)30)34(31,32)26(15-7-9-16(33-2)10-8-15)13-21(28)25-22-18(23)4-3-5-19(22)24/h3-12H,13H2,1-2H3,(H,25,28). The Morgan fingerprint density at radius 2 is 1.71 bits per heavy atom. The summed E-state index contributed by atoms with van der Waals surface area (Å²) in [4.78, 5) is 23.2. The lowest BCUT2D eigenvalue weighted by molar-refractivity contribution is -0.385. The van der Waals surface area contributed by atoms with Crippen LogP contribution >= 0.6 is 23.2 Å². The number of para-hydroxylation sites is 1. The van der Waals surface area contributed by atoms with Gasteiger partial charge >= 0.3 is 0 Å². The lowest BCUT2D eigenvalue weighted by Crippen LogP contribution is -2.38. The lowest BCUT2D eigenvalue weighted by atomic mass is 10.2. The fraction of sp³-hybridized carbons (Fsp3) is 0.136. The number of anilines is 2. The fourth-order valence-electron chi connectivity index (χ4n) is 3.06. The van der Waals surface area contributed by atoms with Crippen LogP contribution in [-0.2, 0) is 14.8 Å². The maximum atomic E-state index is 13.5. The number of nitrogens with zero attached hydrogens (tertiary/aromatic N) is 2. The van der Waals surface area contributed by atoms with Gasteiger partial charge in [-0.2, -0.15) is 0 Å². The van der Waals surface area contributed by atoms with Gasteiger partial charge in [0.1, 0.15) is 12.3 Å². The fourth-order valence-corrected chi connectivity index (χ4v) is 5.00. The highest BCUT2D eigenvalue weighted by Crippen LogP contribution is 2.31. The molecule has 3 aromatic carbocycles. The Balaban J connectivity index is 2.04. The van der Waals surface area contributed by atoms with Crippen molar-refractivity contribution in [2.75, 3.05) is 23.3 Å². The van der Waals surface area contributed by atoms with Crippen LogP contribution in [-0.4, -0.2) is 32.9 Å². The molecule has 9 nitrogen and oxygen atoms in total. The van der Waals surface area contributed by atoms with Crippen molar-refractivity contribution >= 4 is 56.2 Å². The van der Waals surface area contributed by atoms with E-state index in [0.29, 0.717) is 11.3 Å². The van der Waals surface area contributed by atoms with Crippen LogP contribution in [0.4, 0.5) is 17.1 Å². The number of aryl methyl sites for hydroxylation is 1. The second-order valence-corrected chi connectivity index (χ2v) is 9.74. The summed E-state index contributed by atoms with van der Waals surface area (Å²) in [6, 6.07) is 14.1. The number of hydrogen-bond donors (Lipinski definition) is 1. The number of carbonyl (C=O) groups excluding carboxylic acids is 1. The first-order valence-electron chi connectivity index (χ1n) is 9.70. The second kappa shape index (κ2) is 10.3. The van der Waals surface area contributed by atoms with Crippen LogP contribution in [0.5, 0.6) is 5.75 Å². The van der Waals surface area contributed by atoms with E-state index in [1.807, 2.05) is 0 Å². The Bertz CT molecular complexity index is 1330. The van der Waals surface area contributed by atoms with Gasteiger partial charge in [-0.3, -0.25) is 19.2 Å². The van der Waals surface area contributed by atoms with Gasteiger partial charge in [0.25, 0.3) is 15.7 Å². The number of rotatable bonds is 8. The largest absolute Gasteiger partial charge is 0.497 e. The normalized spacial score (nSPS) is 11.1. The van der Waals surface area contributed by atoms with Crippen molar-refractivity contribution in [3.05, 3.63) is 86.4 Å². The highest BCUT2D eigenvalue weighted by Gasteiger charge is 2.29. The molecule has 0 aliphatic carbocycles. The summed E-state index contributed by atoms with van der Waals surface area (Å²) >= 11 is 12.2. The zero-order valence-electron chi connectivity index (χ0n) is 18.0. The molecule has 0 aliphatic heterocycles. The molecule has 34 heavy (non-hydrogen) atoms. The zero-order chi connectivity index (χ0) is 25.0. The molecular formula is C22H19Cl2N3O6S. The SMILES string of the molecule is COc1ccc(N(CC(=O)Nc2c(Cl)cccc2Cl)S(=O)(=O)c2ccc(C)c([N+](=O)[O-])c2)cc1. The van der Waals surface area contributed by atoms with Gasteiger partial charge in [0.15, 0.2) is 0 Å². The summed E-state index contributed by atoms with van der Waals surface area (Å²) < 4.78 is 33.0. The van der Waals surface area contributed by atoms with Gasteiger partial charge < -0.3 is 10.1 Å². The summed E-state index contributed by atoms with van der Waals surface area (Å²) in [6.07, 6.45) is 0. The molecule has 0 radical (unpaired) electrons. The summed E-state index contributed by atoms with van der Waals surface area (Å²) in [7, 11) is -2.94. The van der Waals surface area contributed by atoms with Crippen molar-refractivity contribution in [1.82, 2.24) is 0 Å². The Labute approximate surface area is 206 Å². The number of ether oxygens (including phenoxy) is 1. The van der Waals surface area contributed by atoms with Crippen LogP contribution in [0.1, 0.15) is 5.56 Å². The van der Waals surface area contributed by atoms with Crippen LogP contribution in [0.15, 0.2) is 65.6 Å². The van der Waals surface area contributed by atoms with Crippen LogP contribution in [0.3, 0.4) is 0 Å². The highest BCUT2D eigenvalue weighted by molar-refractivity contribution is 7.92. The number of hydrogen-bond acceptors (Lipinski definition) is 6. The molecule has 0 fully saturated rings. The number of sulfonamides is 1. The van der Waals surface area contributed by atoms with E-state index in [1.165, 1.54) is 62.6 Å². The summed E-state index contributed by atoms with van der Waals surface area (Å²) in [5, 5.41) is 14.2. The predicted molar refractivity (Wildman–Crippen MR) is 130 cm³/mol. The first-order chi connectivity index (χ1) is 16.0. The number of benzene rings is 3. The quantitative estimate of drug-likeness (QED) is 0.325. The third kappa shape index (κ3) is 5.41. The zero-order valence-corrected chi connectivity index (χ0v) is 20.3. The van der Waals surface area contributed by atoms with Gasteiger partial charge in [0, 0.05) is 11.6 Å². The third-order valence-electron chi connectivity index (χ3n) is 4.84. The molecular weight excluding hydrogens is 505 g/mol. The average Bonchev–Trinajstić information content (AvgIpc) is 2.80. The Hall–Kier alpha value is -3.34. The van der Waals surface area contributed by atoms with E-state index >= 15 is 0 Å². The number of nitro benzene ring substituents is 1. The maximum absolute atomic E-state index is 13.5. The highest BCUT2D eigenvalue weighted by atomic mass is 35.5. The van der Waals surface area contributed by atoms with E-state index in [2.05, 4.69) is 5.32 Å². The van der Waals surface area contributed by atoms with E-state index in [4.69, 9.17) is 27.9 Å². The van der Waals surface area contributed by atoms with Crippen LogP contribution in [0.2, 0.25) is 10.0 Å². The molecule has 0 saturated heterocycles. The lowest BCUT2D eigenvalue weighted by Gasteiger charge is -2.24. The van der Waals surface area contributed by atoms with Gasteiger partial charge in [-0.25, -0.2) is 8.42 Å². The van der Waals surface area contributed by atoms with Crippen molar-refractivity contribution in [2.45, 2.75) is 11.8 Å². The molecule has 178 valence electrons. The monoisotopic (exact) mass is 523 g/mol. The van der Waals surface area contributed by atoms with Gasteiger partial charge in [-0.05, 0) is 49.4 Å². The van der Waals surface area contributed by atoms with Crippen molar-refractivity contribution in [2.24, 2.45) is 0 Å². The molecule has 0 heterocycles. The number of nitrogens with one attached hydrogen (secondary N) is 1. The minimum absolute atomic E-state index is 0.133. The number of amides is 1. The topological polar surface area (TPSA) is 119 Å². The Morgan fingerprint density at radius 3 is 2.26 bits per heavy atom. The van der Waals surface area contributed by atoms with Crippen molar-refractivity contribution < 1.29 is 22.9 Å². The molecule has 1 N–H and O–H groups in total. The molecule has 0 bridgehead atoms. The molecule has 0 saturated carbocycles. The Morgan fingerprint density at radius 1 is 1.09 bits per heavy atom. The van der Waals surface area contributed by atoms with Gasteiger partial charge in [0.2, 0.25) is 5.91 Å². The maximum Gasteiger partial charge on any atom is 0.273 e. The molecule has 0 aromatic heterocycles. The smallest absolute Gasteiger partial charge is 0.273 e. The molecule has 3 rings (SSSR count). The third-order valence-corrected chi connectivity index (χ3v) is 7.24. The first-order valence-corrected chi connectivity index (χ1v) is 11.9. The van der Waals surface area contributed by atoms with Crippen molar-refractivity contribution in [1.29, 1.82) is 0 Å². The van der Waals surface area contributed by atoms with E-state index in [1.54, 1.807) is 6.07 Å². The predicted octanol–water partition coefficient (Wildman–Crippen LogP) is 5.05. The van der Waals surface area contributed by atoms with E-state index in [0.717, 1.165) is 10.4 Å². The second-order valence-electron chi connectivity index (χ2n) is 7.06. The number of methoxy groups -OCH3 is 1. The van der Waals surface area contributed by atoms with Crippen molar-refractivity contribution in [3.8, 4) is 5.75 Å². The molecule has 3 aromatic rings. The summed E-state index contributed by atoms with van der Waals surface area (Å²) in [5.74, 6) is -0.254. The van der Waals surface area contributed by atoms with Crippen LogP contribution < -0.4 is 14.4 Å². The first kappa shape index (κ1) is 25.3. The van der Waals surface area contributed by atoms with Crippen LogP contribution in [0.25, 0.3) is 0 Å². The van der Waals surface area contributed by atoms with Crippen LogP contribution in [0, 0.1) is 17.0 Å². The average molecular weight is 524 g/mol. The van der Waals surface area contributed by atoms with E-state index in [9.17, 15) is 23.3 Å². The molecule has 1 amide bonds. The molecule has 12 heteroatoms. The van der Waals surface area contributed by atoms with E-state index in [-0.39, 0.29) is 32.0 Å². The minimum atomic E-state index is -4.39. The van der Waals surface area contributed by atoms with E-state index < -0.39 is 27.4 Å². The van der Waals surface area contributed by atoms with Gasteiger partial charge in [-0.15, -0.1) is 0 Å². The van der Waals surface area contributed by atoms with Crippen molar-refractivity contribution in [3.63, 3.8) is 0 Å². The summed E-state index contributed by atoms with van der Waals surface area (Å²) in [5.41, 5.74) is 0.215. The molecule has 0 unspecified atom stereocenters. The Kier molecular flexibility index (Phi) is 7.65. The minimum Gasteiger partial charge on any atom is -0.497 e. The van der Waals surface area contributed by atoms with Gasteiger partial charge in [0.05, 0.1) is 38.3 Å². The number of nitro groups is 1. The number of carbonyl (C=O) groups is 1.